The maximum absolute atomic E-state index is 12.9. The average molecular weight is 473 g/mol. The van der Waals surface area contributed by atoms with E-state index in [-0.39, 0.29) is 36.3 Å². The topological polar surface area (TPSA) is 132 Å². The molecule has 0 aliphatic rings. The number of rotatable bonds is 13. The fourth-order valence-corrected chi connectivity index (χ4v) is 3.45. The predicted octanol–water partition coefficient (Wildman–Crippen LogP) is 2.52. The molecule has 184 valence electrons. The number of hydrogen-bond acceptors (Lipinski definition) is 7. The minimum Gasteiger partial charge on any atom is -0.493 e. The molecule has 1 unspecified atom stereocenters. The van der Waals surface area contributed by atoms with Crippen LogP contribution in [0.3, 0.4) is 0 Å². The van der Waals surface area contributed by atoms with Gasteiger partial charge in [0.2, 0.25) is 11.8 Å². The second-order valence-electron chi connectivity index (χ2n) is 7.71. The Morgan fingerprint density at radius 3 is 2.41 bits per heavy atom. The fourth-order valence-electron chi connectivity index (χ4n) is 3.45. The summed E-state index contributed by atoms with van der Waals surface area (Å²) in [5, 5.41) is 20.2. The lowest BCUT2D eigenvalue weighted by atomic mass is 10.0. The number of nitro benzene ring substituents is 1. The van der Waals surface area contributed by atoms with Crippen molar-refractivity contribution in [1.82, 2.24) is 16.0 Å². The molecule has 0 saturated carbocycles. The molecule has 3 N–H and O–H groups in total. The van der Waals surface area contributed by atoms with Crippen molar-refractivity contribution >= 4 is 17.5 Å². The number of carbonyl (C=O) groups is 2. The van der Waals surface area contributed by atoms with Gasteiger partial charge >= 0.3 is 0 Å². The Balaban J connectivity index is 2.17. The fraction of sp³-hybridized carbons (Fsp3) is 0.417. The highest BCUT2D eigenvalue weighted by atomic mass is 16.6. The number of nitrogens with zero attached hydrogens (tertiary/aromatic N) is 1. The number of nitrogens with one attached hydrogen (secondary N) is 3. The summed E-state index contributed by atoms with van der Waals surface area (Å²) in [6.45, 7) is 1.87. The Hall–Kier alpha value is -3.66. The number of benzene rings is 2. The van der Waals surface area contributed by atoms with Crippen molar-refractivity contribution in [3.8, 4) is 11.5 Å². The number of likely N-dealkylation sites (N-methyl/N-ethyl adjacent to an activating group) is 1. The third kappa shape index (κ3) is 7.45. The molecule has 0 spiro atoms. The minimum atomic E-state index is -0.657. The first kappa shape index (κ1) is 26.6. The van der Waals surface area contributed by atoms with E-state index in [2.05, 4.69) is 16.0 Å². The van der Waals surface area contributed by atoms with Crippen LogP contribution in [0.1, 0.15) is 36.9 Å². The Morgan fingerprint density at radius 2 is 1.82 bits per heavy atom. The smallest absolute Gasteiger partial charge is 0.278 e. The summed E-state index contributed by atoms with van der Waals surface area (Å²) in [5.41, 5.74) is 1.09. The second kappa shape index (κ2) is 13.1. The zero-order chi connectivity index (χ0) is 25.1. The van der Waals surface area contributed by atoms with Gasteiger partial charge in [0.15, 0.2) is 11.5 Å². The molecule has 10 nitrogen and oxygen atoms in total. The van der Waals surface area contributed by atoms with Crippen molar-refractivity contribution in [3.63, 3.8) is 0 Å². The lowest BCUT2D eigenvalue weighted by Gasteiger charge is -2.21. The SMILES string of the molecule is CNC(=O)CCCOc1cc([N+](=O)[O-])c(C(C)NC(=O)[C@H](Cc2ccccc2)NC)cc1OC. The Morgan fingerprint density at radius 1 is 1.12 bits per heavy atom. The third-order valence-corrected chi connectivity index (χ3v) is 5.37. The molecule has 34 heavy (non-hydrogen) atoms. The van der Waals surface area contributed by atoms with E-state index in [0.717, 1.165) is 5.56 Å². The zero-order valence-electron chi connectivity index (χ0n) is 19.9. The summed E-state index contributed by atoms with van der Waals surface area (Å²) in [7, 11) is 4.68. The number of amides is 2. The van der Waals surface area contributed by atoms with Gasteiger partial charge in [-0.05, 0) is 38.4 Å². The van der Waals surface area contributed by atoms with E-state index in [4.69, 9.17) is 9.47 Å². The number of methoxy groups -OCH3 is 1. The first-order valence-electron chi connectivity index (χ1n) is 11.0. The molecular formula is C24H32N4O6. The Kier molecular flexibility index (Phi) is 10.3. The van der Waals surface area contributed by atoms with E-state index < -0.39 is 17.0 Å². The van der Waals surface area contributed by atoms with Crippen molar-refractivity contribution in [1.29, 1.82) is 0 Å². The molecule has 0 aromatic heterocycles. The van der Waals surface area contributed by atoms with Gasteiger partial charge in [0.1, 0.15) is 0 Å². The zero-order valence-corrected chi connectivity index (χ0v) is 19.9. The lowest BCUT2D eigenvalue weighted by molar-refractivity contribution is -0.385. The van der Waals surface area contributed by atoms with Gasteiger partial charge in [-0.2, -0.15) is 0 Å². The first-order chi connectivity index (χ1) is 16.3. The van der Waals surface area contributed by atoms with Crippen molar-refractivity contribution in [3.05, 3.63) is 63.7 Å². The van der Waals surface area contributed by atoms with Crippen LogP contribution in [-0.4, -0.2) is 50.6 Å². The predicted molar refractivity (Wildman–Crippen MR) is 128 cm³/mol. The number of carbonyl (C=O) groups excluding carboxylic acids is 2. The van der Waals surface area contributed by atoms with Gasteiger partial charge in [-0.15, -0.1) is 0 Å². The van der Waals surface area contributed by atoms with Crippen LogP contribution in [0.25, 0.3) is 0 Å². The summed E-state index contributed by atoms with van der Waals surface area (Å²) in [5.74, 6) is 0.108. The highest BCUT2D eigenvalue weighted by molar-refractivity contribution is 5.82. The largest absolute Gasteiger partial charge is 0.493 e. The summed E-state index contributed by atoms with van der Waals surface area (Å²) in [6, 6.07) is 11.2. The molecule has 2 atom stereocenters. The standard InChI is InChI=1S/C24H32N4O6/c1-16(27-24(30)19(25-2)13-17-9-6-5-7-10-17)18-14-21(33-4)22(15-20(18)28(31)32)34-12-8-11-23(29)26-3/h5-7,9-10,14-16,19,25H,8,11-13H2,1-4H3,(H,26,29)(H,27,30)/t16?,19-/m0/s1. The minimum absolute atomic E-state index is 0.117. The van der Waals surface area contributed by atoms with E-state index in [1.54, 1.807) is 21.0 Å². The molecule has 0 aliphatic heterocycles. The van der Waals surface area contributed by atoms with Gasteiger partial charge in [-0.25, -0.2) is 0 Å². The van der Waals surface area contributed by atoms with Crippen LogP contribution in [0.5, 0.6) is 11.5 Å². The summed E-state index contributed by atoms with van der Waals surface area (Å²) < 4.78 is 11.0. The van der Waals surface area contributed by atoms with E-state index in [0.29, 0.717) is 24.2 Å². The first-order valence-corrected chi connectivity index (χ1v) is 11.0. The maximum atomic E-state index is 12.9. The van der Waals surface area contributed by atoms with Gasteiger partial charge in [-0.1, -0.05) is 30.3 Å². The number of ether oxygens (including phenoxy) is 2. The molecule has 10 heteroatoms. The lowest BCUT2D eigenvalue weighted by Crippen LogP contribution is -2.44. The molecule has 2 rings (SSSR count). The van der Waals surface area contributed by atoms with E-state index in [1.807, 2.05) is 30.3 Å². The molecule has 0 fully saturated rings. The van der Waals surface area contributed by atoms with Crippen molar-refractivity contribution in [2.24, 2.45) is 0 Å². The Labute approximate surface area is 199 Å². The normalized spacial score (nSPS) is 12.4. The molecule has 0 bridgehead atoms. The van der Waals surface area contributed by atoms with Gasteiger partial charge in [0, 0.05) is 13.5 Å². The molecule has 0 heterocycles. The van der Waals surface area contributed by atoms with Crippen LogP contribution >= 0.6 is 0 Å². The summed E-state index contributed by atoms with van der Waals surface area (Å²) >= 11 is 0. The maximum Gasteiger partial charge on any atom is 0.278 e. The van der Waals surface area contributed by atoms with E-state index in [1.165, 1.54) is 19.2 Å². The highest BCUT2D eigenvalue weighted by Gasteiger charge is 2.26. The van der Waals surface area contributed by atoms with Gasteiger partial charge in [0.25, 0.3) is 5.69 Å². The van der Waals surface area contributed by atoms with Crippen LogP contribution in [-0.2, 0) is 16.0 Å². The number of nitro groups is 1. The summed E-state index contributed by atoms with van der Waals surface area (Å²) in [4.78, 5) is 35.5. The molecule has 2 amide bonds. The summed E-state index contributed by atoms with van der Waals surface area (Å²) in [6.07, 6.45) is 1.19. The van der Waals surface area contributed by atoms with Crippen LogP contribution in [0.15, 0.2) is 42.5 Å². The van der Waals surface area contributed by atoms with E-state index >= 15 is 0 Å². The number of hydrogen-bond donors (Lipinski definition) is 3. The van der Waals surface area contributed by atoms with E-state index in [9.17, 15) is 19.7 Å². The van der Waals surface area contributed by atoms with Crippen LogP contribution in [0, 0.1) is 10.1 Å². The molecular weight excluding hydrogens is 440 g/mol. The molecule has 2 aromatic carbocycles. The van der Waals surface area contributed by atoms with Gasteiger partial charge in [-0.3, -0.25) is 19.7 Å². The highest BCUT2D eigenvalue weighted by Crippen LogP contribution is 2.37. The molecule has 0 saturated heterocycles. The Bertz CT molecular complexity index is 983. The van der Waals surface area contributed by atoms with Crippen LogP contribution in [0.4, 0.5) is 5.69 Å². The van der Waals surface area contributed by atoms with Crippen molar-refractivity contribution in [2.75, 3.05) is 27.8 Å². The second-order valence-corrected chi connectivity index (χ2v) is 7.71. The molecule has 0 aliphatic carbocycles. The van der Waals surface area contributed by atoms with Crippen molar-refractivity contribution < 1.29 is 24.0 Å². The average Bonchev–Trinajstić information content (AvgIpc) is 2.84. The van der Waals surface area contributed by atoms with Gasteiger partial charge < -0.3 is 25.4 Å². The monoisotopic (exact) mass is 472 g/mol. The molecule has 2 aromatic rings. The third-order valence-electron chi connectivity index (χ3n) is 5.37. The van der Waals surface area contributed by atoms with Crippen LogP contribution in [0.2, 0.25) is 0 Å². The van der Waals surface area contributed by atoms with Gasteiger partial charge in [0.05, 0.1) is 42.4 Å². The molecule has 0 radical (unpaired) electrons. The van der Waals surface area contributed by atoms with Crippen LogP contribution < -0.4 is 25.4 Å². The quantitative estimate of drug-likeness (QED) is 0.232. The van der Waals surface area contributed by atoms with Crippen molar-refractivity contribution in [2.45, 2.75) is 38.3 Å².